The van der Waals surface area contributed by atoms with Crippen molar-refractivity contribution in [2.75, 3.05) is 4.31 Å². The second kappa shape index (κ2) is 9.31. The monoisotopic (exact) mass is 525 g/mol. The van der Waals surface area contributed by atoms with Gasteiger partial charge >= 0.3 is 7.60 Å². The fourth-order valence-corrected chi connectivity index (χ4v) is 8.36. The smallest absolute Gasteiger partial charge is 0.323 e. The zero-order chi connectivity index (χ0) is 24.6. The number of hydrogen-bond acceptors (Lipinski definition) is 3. The van der Waals surface area contributed by atoms with Crippen molar-refractivity contribution in [1.29, 1.82) is 0 Å². The van der Waals surface area contributed by atoms with Crippen molar-refractivity contribution >= 4 is 57.3 Å². The molecule has 0 atom stereocenters. The lowest BCUT2D eigenvalue weighted by atomic mass is 10.0. The minimum Gasteiger partial charge on any atom is -0.323 e. The van der Waals surface area contributed by atoms with Gasteiger partial charge in [-0.25, -0.2) is 12.7 Å². The van der Waals surface area contributed by atoms with Gasteiger partial charge in [-0.05, 0) is 42.5 Å². The summed E-state index contributed by atoms with van der Waals surface area (Å²) in [6, 6.07) is 13.9. The van der Waals surface area contributed by atoms with E-state index in [1.54, 1.807) is 36.4 Å². The number of anilines is 1. The number of benzene rings is 3. The molecule has 0 aliphatic carbocycles. The molecule has 3 aromatic rings. The van der Waals surface area contributed by atoms with E-state index >= 15 is 0 Å². The molecule has 174 valence electrons. The van der Waals surface area contributed by atoms with Gasteiger partial charge in [-0.3, -0.25) is 4.57 Å². The van der Waals surface area contributed by atoms with E-state index < -0.39 is 22.9 Å². The van der Waals surface area contributed by atoms with Crippen LogP contribution in [-0.4, -0.2) is 23.5 Å². The summed E-state index contributed by atoms with van der Waals surface area (Å²) < 4.78 is 42.1. The van der Waals surface area contributed by atoms with E-state index in [0.29, 0.717) is 10.8 Å². The van der Waals surface area contributed by atoms with Crippen molar-refractivity contribution in [1.82, 2.24) is 0 Å². The maximum Gasteiger partial charge on any atom is 0.351 e. The van der Waals surface area contributed by atoms with E-state index in [1.165, 1.54) is 32.0 Å². The summed E-state index contributed by atoms with van der Waals surface area (Å²) in [5, 5.41) is -0.903. The number of halogens is 2. The van der Waals surface area contributed by atoms with Gasteiger partial charge in [-0.2, -0.15) is 0 Å². The molecule has 6 nitrogen and oxygen atoms in total. The Morgan fingerprint density at radius 3 is 2.12 bits per heavy atom. The average molecular weight is 526 g/mol. The molecule has 0 aliphatic rings. The maximum atomic E-state index is 14.2. The molecule has 33 heavy (non-hydrogen) atoms. The summed E-state index contributed by atoms with van der Waals surface area (Å²) in [6.07, 6.45) is 5.37. The highest BCUT2D eigenvalue weighted by Gasteiger charge is 2.54. The molecule has 3 aromatic carbocycles. The van der Waals surface area contributed by atoms with Crippen LogP contribution in [0, 0.1) is 12.3 Å². The first-order valence-corrected chi connectivity index (χ1v) is 13.8. The molecule has 0 saturated carbocycles. The zero-order valence-electron chi connectivity index (χ0n) is 17.9. The van der Waals surface area contributed by atoms with Gasteiger partial charge in [-0.15, -0.1) is 6.42 Å². The van der Waals surface area contributed by atoms with Crippen molar-refractivity contribution in [3.63, 3.8) is 0 Å². The average Bonchev–Trinajstić information content (AvgIpc) is 2.75. The predicted molar refractivity (Wildman–Crippen MR) is 133 cm³/mol. The van der Waals surface area contributed by atoms with Crippen LogP contribution >= 0.6 is 30.8 Å². The number of terminal acetylenes is 1. The lowest BCUT2D eigenvalue weighted by Crippen LogP contribution is -2.51. The first-order chi connectivity index (χ1) is 15.4. The first-order valence-electron chi connectivity index (χ1n) is 9.98. The van der Waals surface area contributed by atoms with Crippen LogP contribution in [0.25, 0.3) is 10.8 Å². The van der Waals surface area contributed by atoms with E-state index in [9.17, 15) is 22.8 Å². The van der Waals surface area contributed by atoms with Crippen LogP contribution in [-0.2, 0) is 14.6 Å². The Balaban J connectivity index is 2.57. The van der Waals surface area contributed by atoms with Crippen molar-refractivity contribution < 1.29 is 22.8 Å². The quantitative estimate of drug-likeness (QED) is 0.290. The first kappa shape index (κ1) is 25.6. The summed E-state index contributed by atoms with van der Waals surface area (Å²) in [7, 11) is -9.68. The highest BCUT2D eigenvalue weighted by atomic mass is 35.5. The lowest BCUT2D eigenvalue weighted by Gasteiger charge is -2.44. The predicted octanol–water partition coefficient (Wildman–Crippen LogP) is 6.02. The van der Waals surface area contributed by atoms with Gasteiger partial charge in [0.15, 0.2) is 5.28 Å². The third-order valence-electron chi connectivity index (χ3n) is 5.69. The minimum atomic E-state index is -5.07. The summed E-state index contributed by atoms with van der Waals surface area (Å²) in [4.78, 5) is 20.7. The second-order valence-electron chi connectivity index (χ2n) is 7.44. The number of sulfonamides is 1. The van der Waals surface area contributed by atoms with Crippen LogP contribution in [0.15, 0.2) is 59.5 Å². The molecule has 0 heterocycles. The molecule has 0 aromatic heterocycles. The van der Waals surface area contributed by atoms with E-state index in [4.69, 9.17) is 29.6 Å². The Hall–Kier alpha value is -2.04. The zero-order valence-corrected chi connectivity index (χ0v) is 21.1. The van der Waals surface area contributed by atoms with Crippen molar-refractivity contribution in [3.05, 3.63) is 70.2 Å². The maximum absolute atomic E-state index is 14.2. The molecule has 0 saturated heterocycles. The van der Waals surface area contributed by atoms with Crippen LogP contribution in [0.4, 0.5) is 5.69 Å². The van der Waals surface area contributed by atoms with E-state index in [2.05, 4.69) is 5.92 Å². The van der Waals surface area contributed by atoms with Crippen LogP contribution in [0.5, 0.6) is 0 Å². The van der Waals surface area contributed by atoms with Crippen molar-refractivity contribution in [3.8, 4) is 12.3 Å². The molecule has 3 rings (SSSR count). The van der Waals surface area contributed by atoms with Crippen LogP contribution < -0.4 is 4.31 Å². The number of fused-ring (bicyclic) bond motifs is 1. The molecule has 0 amide bonds. The third kappa shape index (κ3) is 4.40. The second-order valence-corrected chi connectivity index (χ2v) is 12.0. The summed E-state index contributed by atoms with van der Waals surface area (Å²) in [5.41, 5.74) is 0.184. The highest BCUT2D eigenvalue weighted by molar-refractivity contribution is 7.93. The minimum absolute atomic E-state index is 0.0127. The molecule has 0 bridgehead atoms. The molecular weight excluding hydrogens is 504 g/mol. The van der Waals surface area contributed by atoms with E-state index in [0.717, 1.165) is 4.31 Å². The molecule has 0 spiro atoms. The SMILES string of the molecule is C#Cc1ccc2ccccc2c1N(C(CC)(CC)P(=O)(O)O)S(=O)(=O)c1cc(Cl)cc(Cl)c1. The van der Waals surface area contributed by atoms with Crippen LogP contribution in [0.3, 0.4) is 0 Å². The largest absolute Gasteiger partial charge is 0.351 e. The normalized spacial score (nSPS) is 12.5. The third-order valence-corrected chi connectivity index (χ3v) is 10.0. The highest BCUT2D eigenvalue weighted by Crippen LogP contribution is 2.59. The Bertz CT molecular complexity index is 1390. The Kier molecular flexibility index (Phi) is 7.21. The van der Waals surface area contributed by atoms with Crippen LogP contribution in [0.2, 0.25) is 10.0 Å². The number of nitrogens with zero attached hydrogens (tertiary/aromatic N) is 1. The van der Waals surface area contributed by atoms with E-state index in [1.807, 2.05) is 0 Å². The molecule has 0 radical (unpaired) electrons. The standard InChI is InChI=1S/C23H22Cl2NO5PS/c1-4-16-11-12-17-9-7-8-10-21(17)22(16)26(23(5-2,6-3)32(27,28)29)33(30,31)20-14-18(24)13-19(25)15-20/h1,7-15H,5-6H2,2-3H3,(H2,27,28,29). The topological polar surface area (TPSA) is 94.9 Å². The van der Waals surface area contributed by atoms with E-state index in [-0.39, 0.29) is 39.0 Å². The molecule has 2 N–H and O–H groups in total. The van der Waals surface area contributed by atoms with Gasteiger partial charge in [0.1, 0.15) is 0 Å². The molecular formula is C23H22Cl2NO5PS. The van der Waals surface area contributed by atoms with Crippen LogP contribution in [0.1, 0.15) is 32.3 Å². The number of hydrogen-bond donors (Lipinski definition) is 2. The lowest BCUT2D eigenvalue weighted by molar-refractivity contribution is 0.317. The summed E-state index contributed by atoms with van der Waals surface area (Å²) in [6.45, 7) is 3.05. The number of rotatable bonds is 7. The summed E-state index contributed by atoms with van der Waals surface area (Å²) in [5.74, 6) is 2.48. The Morgan fingerprint density at radius 1 is 1.03 bits per heavy atom. The molecule has 0 fully saturated rings. The van der Waals surface area contributed by atoms with Gasteiger partial charge in [0.05, 0.1) is 10.6 Å². The fourth-order valence-electron chi connectivity index (χ4n) is 3.99. The fraction of sp³-hybridized carbons (Fsp3) is 0.217. The molecule has 10 heteroatoms. The Morgan fingerprint density at radius 2 is 1.61 bits per heavy atom. The van der Waals surface area contributed by atoms with Gasteiger partial charge in [-0.1, -0.05) is 73.3 Å². The summed E-state index contributed by atoms with van der Waals surface area (Å²) >= 11 is 12.2. The van der Waals surface area contributed by atoms with Gasteiger partial charge in [0, 0.05) is 21.0 Å². The van der Waals surface area contributed by atoms with Crippen molar-refractivity contribution in [2.45, 2.75) is 36.9 Å². The molecule has 0 unspecified atom stereocenters. The van der Waals surface area contributed by atoms with Gasteiger partial charge in [0.2, 0.25) is 0 Å². The Labute approximate surface area is 203 Å². The molecule has 0 aliphatic heterocycles. The van der Waals surface area contributed by atoms with Gasteiger partial charge in [0.25, 0.3) is 10.0 Å². The van der Waals surface area contributed by atoms with Crippen molar-refractivity contribution in [2.24, 2.45) is 0 Å². The van der Waals surface area contributed by atoms with Gasteiger partial charge < -0.3 is 9.79 Å².